The highest BCUT2D eigenvalue weighted by atomic mass is 16.7. The second kappa shape index (κ2) is 6.84. The zero-order valence-electron chi connectivity index (χ0n) is 15.1. The van der Waals surface area contributed by atoms with Crippen molar-refractivity contribution in [3.8, 4) is 11.5 Å². The van der Waals surface area contributed by atoms with Gasteiger partial charge in [0.1, 0.15) is 5.69 Å². The van der Waals surface area contributed by atoms with Crippen molar-refractivity contribution in [3.05, 3.63) is 71.5 Å². The number of carbonyl (C=O) groups excluding carboxylic acids is 1. The fourth-order valence-electron chi connectivity index (χ4n) is 3.47. The standard InChI is InChI=1S/C21H18N4O3/c26-20(25-10-8-14-3-1-2-4-15(14)12-25)17-7-9-22-21(24-17)23-16-5-6-18-19(11-16)28-13-27-18/h1-7,9,11H,8,10,12-13H2,(H,22,23,24). The Morgan fingerprint density at radius 1 is 1.04 bits per heavy atom. The molecule has 0 saturated carbocycles. The number of nitrogens with zero attached hydrogens (tertiary/aromatic N) is 3. The summed E-state index contributed by atoms with van der Waals surface area (Å²) in [5.74, 6) is 1.65. The number of nitrogens with one attached hydrogen (secondary N) is 1. The van der Waals surface area contributed by atoms with Gasteiger partial charge in [-0.2, -0.15) is 0 Å². The summed E-state index contributed by atoms with van der Waals surface area (Å²) in [4.78, 5) is 23.4. The average Bonchev–Trinajstić information content (AvgIpc) is 3.21. The minimum Gasteiger partial charge on any atom is -0.454 e. The van der Waals surface area contributed by atoms with Crippen LogP contribution in [0.4, 0.5) is 11.6 Å². The van der Waals surface area contributed by atoms with Crippen molar-refractivity contribution in [2.45, 2.75) is 13.0 Å². The van der Waals surface area contributed by atoms with Gasteiger partial charge in [0.05, 0.1) is 0 Å². The molecule has 2 aromatic carbocycles. The number of ether oxygens (including phenoxy) is 2. The molecule has 1 amide bonds. The summed E-state index contributed by atoms with van der Waals surface area (Å²) >= 11 is 0. The lowest BCUT2D eigenvalue weighted by molar-refractivity contribution is 0.0728. The smallest absolute Gasteiger partial charge is 0.272 e. The molecule has 0 saturated heterocycles. The third-order valence-electron chi connectivity index (χ3n) is 4.92. The fourth-order valence-corrected chi connectivity index (χ4v) is 3.47. The Hall–Kier alpha value is -3.61. The quantitative estimate of drug-likeness (QED) is 0.759. The molecule has 2 aliphatic heterocycles. The van der Waals surface area contributed by atoms with E-state index in [1.807, 2.05) is 35.2 Å². The summed E-state index contributed by atoms with van der Waals surface area (Å²) in [5.41, 5.74) is 3.63. The van der Waals surface area contributed by atoms with Gasteiger partial charge in [-0.25, -0.2) is 9.97 Å². The van der Waals surface area contributed by atoms with E-state index in [4.69, 9.17) is 9.47 Å². The van der Waals surface area contributed by atoms with Crippen molar-refractivity contribution >= 4 is 17.5 Å². The van der Waals surface area contributed by atoms with E-state index in [1.165, 1.54) is 11.1 Å². The van der Waals surface area contributed by atoms with Crippen LogP contribution in [0.1, 0.15) is 21.6 Å². The first-order chi connectivity index (χ1) is 13.8. The molecule has 3 heterocycles. The van der Waals surface area contributed by atoms with Gasteiger partial charge in [0.25, 0.3) is 5.91 Å². The minimum absolute atomic E-state index is 0.0920. The maximum absolute atomic E-state index is 12.9. The number of anilines is 2. The van der Waals surface area contributed by atoms with E-state index < -0.39 is 0 Å². The normalized spacial score (nSPS) is 14.5. The molecule has 0 atom stereocenters. The summed E-state index contributed by atoms with van der Waals surface area (Å²) < 4.78 is 10.7. The van der Waals surface area contributed by atoms with Gasteiger partial charge in [-0.3, -0.25) is 4.79 Å². The first-order valence-corrected chi connectivity index (χ1v) is 9.12. The third-order valence-corrected chi connectivity index (χ3v) is 4.92. The Balaban J connectivity index is 1.33. The minimum atomic E-state index is -0.0920. The van der Waals surface area contributed by atoms with Crippen LogP contribution < -0.4 is 14.8 Å². The van der Waals surface area contributed by atoms with Crippen LogP contribution in [0.2, 0.25) is 0 Å². The largest absolute Gasteiger partial charge is 0.454 e. The molecule has 7 heteroatoms. The molecule has 2 aliphatic rings. The lowest BCUT2D eigenvalue weighted by Gasteiger charge is -2.28. The Bertz CT molecular complexity index is 1050. The summed E-state index contributed by atoms with van der Waals surface area (Å²) in [5, 5.41) is 3.12. The Morgan fingerprint density at radius 2 is 1.89 bits per heavy atom. The van der Waals surface area contributed by atoms with Crippen molar-refractivity contribution in [2.24, 2.45) is 0 Å². The summed E-state index contributed by atoms with van der Waals surface area (Å²) in [6.07, 6.45) is 2.45. The van der Waals surface area contributed by atoms with Crippen LogP contribution in [0.3, 0.4) is 0 Å². The highest BCUT2D eigenvalue weighted by molar-refractivity contribution is 5.92. The van der Waals surface area contributed by atoms with Crippen molar-refractivity contribution in [1.29, 1.82) is 0 Å². The van der Waals surface area contributed by atoms with E-state index in [-0.39, 0.29) is 12.7 Å². The summed E-state index contributed by atoms with van der Waals surface area (Å²) in [7, 11) is 0. The van der Waals surface area contributed by atoms with Crippen molar-refractivity contribution < 1.29 is 14.3 Å². The lowest BCUT2D eigenvalue weighted by atomic mass is 10.00. The monoisotopic (exact) mass is 374 g/mol. The molecule has 0 radical (unpaired) electrons. The third kappa shape index (κ3) is 3.11. The number of aromatic nitrogens is 2. The van der Waals surface area contributed by atoms with Gasteiger partial charge in [0.2, 0.25) is 12.7 Å². The van der Waals surface area contributed by atoms with E-state index in [2.05, 4.69) is 27.4 Å². The molecule has 0 aliphatic carbocycles. The molecule has 5 rings (SSSR count). The topological polar surface area (TPSA) is 76.6 Å². The number of carbonyl (C=O) groups is 1. The van der Waals surface area contributed by atoms with Crippen LogP contribution in [0.15, 0.2) is 54.7 Å². The molecule has 28 heavy (non-hydrogen) atoms. The molecule has 0 fully saturated rings. The van der Waals surface area contributed by atoms with Gasteiger partial charge in [-0.05, 0) is 35.7 Å². The van der Waals surface area contributed by atoms with Crippen LogP contribution in [0, 0.1) is 0 Å². The first kappa shape index (κ1) is 16.6. The molecule has 140 valence electrons. The van der Waals surface area contributed by atoms with Gasteiger partial charge in [0, 0.05) is 31.0 Å². The molecule has 7 nitrogen and oxygen atoms in total. The van der Waals surface area contributed by atoms with Gasteiger partial charge in [-0.1, -0.05) is 24.3 Å². The van der Waals surface area contributed by atoms with Crippen LogP contribution in [0.5, 0.6) is 11.5 Å². The summed E-state index contributed by atoms with van der Waals surface area (Å²) in [6.45, 7) is 1.51. The van der Waals surface area contributed by atoms with E-state index in [9.17, 15) is 4.79 Å². The second-order valence-electron chi connectivity index (χ2n) is 6.70. The molecule has 1 N–H and O–H groups in total. The molecule has 0 bridgehead atoms. The van der Waals surface area contributed by atoms with Gasteiger partial charge in [0.15, 0.2) is 11.5 Å². The molecule has 0 unspecified atom stereocenters. The Labute approximate surface area is 161 Å². The van der Waals surface area contributed by atoms with E-state index in [1.54, 1.807) is 12.3 Å². The fraction of sp³-hybridized carbons (Fsp3) is 0.190. The van der Waals surface area contributed by atoms with Gasteiger partial charge in [-0.15, -0.1) is 0 Å². The molecular weight excluding hydrogens is 356 g/mol. The number of hydrogen-bond donors (Lipinski definition) is 1. The Kier molecular flexibility index (Phi) is 4.05. The highest BCUT2D eigenvalue weighted by Crippen LogP contribution is 2.34. The Morgan fingerprint density at radius 3 is 2.82 bits per heavy atom. The number of hydrogen-bond acceptors (Lipinski definition) is 6. The average molecular weight is 374 g/mol. The zero-order chi connectivity index (χ0) is 18.9. The molecule has 1 aromatic heterocycles. The van der Waals surface area contributed by atoms with Crippen LogP contribution in [-0.2, 0) is 13.0 Å². The van der Waals surface area contributed by atoms with E-state index >= 15 is 0 Å². The number of amides is 1. The van der Waals surface area contributed by atoms with Crippen molar-refractivity contribution in [1.82, 2.24) is 14.9 Å². The van der Waals surface area contributed by atoms with Crippen LogP contribution >= 0.6 is 0 Å². The maximum Gasteiger partial charge on any atom is 0.272 e. The molecule has 0 spiro atoms. The first-order valence-electron chi connectivity index (χ1n) is 9.12. The zero-order valence-corrected chi connectivity index (χ0v) is 15.1. The van der Waals surface area contributed by atoms with Crippen molar-refractivity contribution in [2.75, 3.05) is 18.7 Å². The number of fused-ring (bicyclic) bond motifs is 2. The molecular formula is C21H18N4O3. The lowest BCUT2D eigenvalue weighted by Crippen LogP contribution is -2.36. The molecule has 3 aromatic rings. The van der Waals surface area contributed by atoms with Crippen LogP contribution in [0.25, 0.3) is 0 Å². The van der Waals surface area contributed by atoms with E-state index in [0.29, 0.717) is 36.2 Å². The summed E-state index contributed by atoms with van der Waals surface area (Å²) in [6, 6.07) is 15.4. The van der Waals surface area contributed by atoms with E-state index in [0.717, 1.165) is 12.1 Å². The predicted octanol–water partition coefficient (Wildman–Crippen LogP) is 3.15. The number of benzene rings is 2. The number of rotatable bonds is 3. The highest BCUT2D eigenvalue weighted by Gasteiger charge is 2.23. The van der Waals surface area contributed by atoms with Crippen molar-refractivity contribution in [3.63, 3.8) is 0 Å². The van der Waals surface area contributed by atoms with Gasteiger partial charge < -0.3 is 19.7 Å². The maximum atomic E-state index is 12.9. The van der Waals surface area contributed by atoms with Crippen LogP contribution in [-0.4, -0.2) is 34.1 Å². The second-order valence-corrected chi connectivity index (χ2v) is 6.70. The van der Waals surface area contributed by atoms with Gasteiger partial charge >= 0.3 is 0 Å². The SMILES string of the molecule is O=C(c1ccnc(Nc2ccc3c(c2)OCO3)n1)N1CCc2ccccc2C1. The predicted molar refractivity (Wildman–Crippen MR) is 103 cm³/mol.